The average molecular weight is 336 g/mol. The van der Waals surface area contributed by atoms with Gasteiger partial charge in [0.15, 0.2) is 0 Å². The van der Waals surface area contributed by atoms with Crippen LogP contribution in [0, 0.1) is 10.1 Å². The molecule has 1 aromatic carbocycles. The Hall–Kier alpha value is -1.18. The number of rotatable bonds is 3. The maximum absolute atomic E-state index is 10.8. The summed E-state index contributed by atoms with van der Waals surface area (Å²) in [5.74, 6) is 0.114. The summed E-state index contributed by atoms with van der Waals surface area (Å²) in [7, 11) is 0. The highest BCUT2D eigenvalue weighted by Gasteiger charge is 2.19. The van der Waals surface area contributed by atoms with E-state index in [2.05, 4.69) is 20.9 Å². The van der Waals surface area contributed by atoms with Crippen LogP contribution in [0.25, 0.3) is 0 Å². The van der Waals surface area contributed by atoms with Gasteiger partial charge in [-0.25, -0.2) is 0 Å². The van der Waals surface area contributed by atoms with E-state index >= 15 is 0 Å². The first-order valence-electron chi connectivity index (χ1n) is 4.29. The molecule has 0 aliphatic heterocycles. The molecule has 0 aliphatic rings. The highest BCUT2D eigenvalue weighted by molar-refractivity contribution is 9.10. The zero-order chi connectivity index (χ0) is 12.4. The first-order valence-corrected chi connectivity index (χ1v) is 6.35. The summed E-state index contributed by atoms with van der Waals surface area (Å²) in [5, 5.41) is 13.0. The highest BCUT2D eigenvalue weighted by atomic mass is 79.9. The number of ether oxygens (including phenoxy) is 1. The molecule has 0 saturated heterocycles. The summed E-state index contributed by atoms with van der Waals surface area (Å²) in [6, 6.07) is 4.57. The fourth-order valence-electron chi connectivity index (χ4n) is 1.12. The van der Waals surface area contributed by atoms with Crippen molar-refractivity contribution < 1.29 is 9.66 Å². The molecule has 2 aromatic rings. The minimum absolute atomic E-state index is 0.114. The SMILES string of the molecule is O=[N+]([O-])c1cccc(Br)c1Oc1nc(Cl)cs1. The Bertz CT molecular complexity index is 575. The Morgan fingerprint density at radius 1 is 1.53 bits per heavy atom. The van der Waals surface area contributed by atoms with Crippen LogP contribution in [0.5, 0.6) is 10.9 Å². The predicted molar refractivity (Wildman–Crippen MR) is 68.0 cm³/mol. The summed E-state index contributed by atoms with van der Waals surface area (Å²) in [6.07, 6.45) is 0. The number of nitrogens with zero attached hydrogens (tertiary/aromatic N) is 2. The van der Waals surface area contributed by atoms with Crippen molar-refractivity contribution in [1.82, 2.24) is 4.98 Å². The molecule has 5 nitrogen and oxygen atoms in total. The van der Waals surface area contributed by atoms with Gasteiger partial charge in [-0.1, -0.05) is 29.0 Å². The number of nitro benzene ring substituents is 1. The Kier molecular flexibility index (Phi) is 3.60. The van der Waals surface area contributed by atoms with Crippen molar-refractivity contribution >= 4 is 44.6 Å². The van der Waals surface area contributed by atoms with E-state index in [-0.39, 0.29) is 16.6 Å². The van der Waals surface area contributed by atoms with Gasteiger partial charge in [0.1, 0.15) is 5.15 Å². The second-order valence-corrected chi connectivity index (χ2v) is 4.95. The van der Waals surface area contributed by atoms with Crippen LogP contribution in [-0.4, -0.2) is 9.91 Å². The molecular formula is C9H4BrClN2O3S. The standard InChI is InChI=1S/C9H4BrClN2O3S/c10-5-2-1-3-6(13(14)15)8(5)16-9-12-7(11)4-17-9/h1-4H. The summed E-state index contributed by atoms with van der Waals surface area (Å²) in [6.45, 7) is 0. The molecule has 0 atom stereocenters. The fourth-order valence-corrected chi connectivity index (χ4v) is 2.35. The van der Waals surface area contributed by atoms with Crippen molar-refractivity contribution in [2.45, 2.75) is 0 Å². The first-order chi connectivity index (χ1) is 8.08. The van der Waals surface area contributed by atoms with Gasteiger partial charge in [0, 0.05) is 11.4 Å². The van der Waals surface area contributed by atoms with Gasteiger partial charge in [-0.2, -0.15) is 4.98 Å². The van der Waals surface area contributed by atoms with Crippen molar-refractivity contribution in [2.75, 3.05) is 0 Å². The summed E-state index contributed by atoms with van der Waals surface area (Å²) < 4.78 is 5.84. The lowest BCUT2D eigenvalue weighted by atomic mass is 10.3. The summed E-state index contributed by atoms with van der Waals surface area (Å²) in [5.41, 5.74) is -0.134. The molecule has 1 heterocycles. The Morgan fingerprint density at radius 2 is 2.29 bits per heavy atom. The molecule has 8 heteroatoms. The Balaban J connectivity index is 2.40. The number of hydrogen-bond donors (Lipinski definition) is 0. The normalized spacial score (nSPS) is 10.2. The molecular weight excluding hydrogens is 332 g/mol. The molecule has 0 amide bonds. The minimum Gasteiger partial charge on any atom is -0.422 e. The van der Waals surface area contributed by atoms with Gasteiger partial charge in [-0.3, -0.25) is 10.1 Å². The van der Waals surface area contributed by atoms with Crippen molar-refractivity contribution in [1.29, 1.82) is 0 Å². The molecule has 17 heavy (non-hydrogen) atoms. The number of benzene rings is 1. The number of nitro groups is 1. The molecule has 0 radical (unpaired) electrons. The van der Waals surface area contributed by atoms with Gasteiger partial charge >= 0.3 is 5.69 Å². The maximum atomic E-state index is 10.8. The Morgan fingerprint density at radius 3 is 2.88 bits per heavy atom. The van der Waals surface area contributed by atoms with Crippen molar-refractivity contribution in [3.8, 4) is 10.9 Å². The van der Waals surface area contributed by atoms with Crippen LogP contribution in [0.3, 0.4) is 0 Å². The van der Waals surface area contributed by atoms with Crippen LogP contribution >= 0.6 is 38.9 Å². The van der Waals surface area contributed by atoms with Crippen LogP contribution in [0.1, 0.15) is 0 Å². The second-order valence-electron chi connectivity index (χ2n) is 2.88. The van der Waals surface area contributed by atoms with Gasteiger partial charge in [0.25, 0.3) is 5.19 Å². The monoisotopic (exact) mass is 334 g/mol. The van der Waals surface area contributed by atoms with Gasteiger partial charge in [0.2, 0.25) is 5.75 Å². The van der Waals surface area contributed by atoms with Crippen LogP contribution < -0.4 is 4.74 Å². The van der Waals surface area contributed by atoms with Crippen LogP contribution in [0.15, 0.2) is 28.1 Å². The average Bonchev–Trinajstić information content (AvgIpc) is 2.67. The zero-order valence-corrected chi connectivity index (χ0v) is 11.3. The number of para-hydroxylation sites is 1. The van der Waals surface area contributed by atoms with E-state index < -0.39 is 4.92 Å². The molecule has 0 fully saturated rings. The lowest BCUT2D eigenvalue weighted by Crippen LogP contribution is -1.93. The molecule has 0 saturated carbocycles. The number of thiazole rings is 1. The number of halogens is 2. The molecule has 0 N–H and O–H groups in total. The highest BCUT2D eigenvalue weighted by Crippen LogP contribution is 2.39. The third-order valence-electron chi connectivity index (χ3n) is 1.79. The van der Waals surface area contributed by atoms with Crippen molar-refractivity contribution in [2.24, 2.45) is 0 Å². The third kappa shape index (κ3) is 2.74. The molecule has 0 unspecified atom stereocenters. The topological polar surface area (TPSA) is 65.3 Å². The number of hydrogen-bond acceptors (Lipinski definition) is 5. The van der Waals surface area contributed by atoms with E-state index in [4.69, 9.17) is 16.3 Å². The molecule has 0 bridgehead atoms. The van der Waals surface area contributed by atoms with Crippen molar-refractivity contribution in [3.63, 3.8) is 0 Å². The molecule has 0 spiro atoms. The maximum Gasteiger partial charge on any atom is 0.312 e. The number of aromatic nitrogens is 1. The summed E-state index contributed by atoms with van der Waals surface area (Å²) >= 11 is 10.0. The van der Waals surface area contributed by atoms with E-state index in [0.29, 0.717) is 9.63 Å². The first kappa shape index (κ1) is 12.3. The van der Waals surface area contributed by atoms with Gasteiger partial charge in [0.05, 0.1) is 9.40 Å². The van der Waals surface area contributed by atoms with E-state index in [0.717, 1.165) is 11.3 Å². The predicted octanol–water partition coefficient (Wildman–Crippen LogP) is 4.26. The third-order valence-corrected chi connectivity index (χ3v) is 3.45. The zero-order valence-electron chi connectivity index (χ0n) is 8.09. The molecule has 88 valence electrons. The lowest BCUT2D eigenvalue weighted by molar-refractivity contribution is -0.385. The molecule has 0 aliphatic carbocycles. The lowest BCUT2D eigenvalue weighted by Gasteiger charge is -2.04. The Labute approximate surface area is 113 Å². The molecule has 2 rings (SSSR count). The quantitative estimate of drug-likeness (QED) is 0.621. The largest absolute Gasteiger partial charge is 0.422 e. The van der Waals surface area contributed by atoms with Crippen LogP contribution in [0.4, 0.5) is 5.69 Å². The summed E-state index contributed by atoms with van der Waals surface area (Å²) in [4.78, 5) is 14.2. The van der Waals surface area contributed by atoms with Crippen LogP contribution in [0.2, 0.25) is 5.15 Å². The van der Waals surface area contributed by atoms with E-state index in [9.17, 15) is 10.1 Å². The van der Waals surface area contributed by atoms with Crippen LogP contribution in [-0.2, 0) is 0 Å². The van der Waals surface area contributed by atoms with Gasteiger partial charge in [-0.15, -0.1) is 0 Å². The van der Waals surface area contributed by atoms with Crippen molar-refractivity contribution in [3.05, 3.63) is 43.3 Å². The van der Waals surface area contributed by atoms with E-state index in [1.165, 1.54) is 6.07 Å². The van der Waals surface area contributed by atoms with Gasteiger partial charge < -0.3 is 4.74 Å². The van der Waals surface area contributed by atoms with E-state index in [1.807, 2.05) is 0 Å². The minimum atomic E-state index is -0.519. The molecule has 1 aromatic heterocycles. The van der Waals surface area contributed by atoms with E-state index in [1.54, 1.807) is 17.5 Å². The van der Waals surface area contributed by atoms with Gasteiger partial charge in [-0.05, 0) is 22.0 Å². The second kappa shape index (κ2) is 4.99. The fraction of sp³-hybridized carbons (Fsp3) is 0. The smallest absolute Gasteiger partial charge is 0.312 e.